The smallest absolute Gasteiger partial charge is 0.180 e. The van der Waals surface area contributed by atoms with E-state index >= 15 is 0 Å². The van der Waals surface area contributed by atoms with Gasteiger partial charge < -0.3 is 15.5 Å². The van der Waals surface area contributed by atoms with Gasteiger partial charge in [0.25, 0.3) is 0 Å². The lowest BCUT2D eigenvalue weighted by Gasteiger charge is -2.20. The lowest BCUT2D eigenvalue weighted by Crippen LogP contribution is -2.11. The summed E-state index contributed by atoms with van der Waals surface area (Å²) in [5.74, 6) is 0.721. The molecule has 22 heavy (non-hydrogen) atoms. The van der Waals surface area contributed by atoms with E-state index in [1.165, 1.54) is 5.56 Å². The third-order valence-corrected chi connectivity index (χ3v) is 3.62. The zero-order valence-electron chi connectivity index (χ0n) is 13.2. The minimum Gasteiger partial charge on any atom is -0.337 e. The summed E-state index contributed by atoms with van der Waals surface area (Å²) in [6, 6.07) is 8.38. The summed E-state index contributed by atoms with van der Waals surface area (Å²) in [6.07, 6.45) is 5.56. The Hall–Kier alpha value is -2.40. The van der Waals surface area contributed by atoms with Gasteiger partial charge in [-0.15, -0.1) is 0 Å². The minimum atomic E-state index is 0.104. The molecule has 5 heteroatoms. The number of hydrogen-bond acceptors (Lipinski definition) is 4. The Morgan fingerprint density at radius 1 is 1.27 bits per heavy atom. The second-order valence-electron chi connectivity index (χ2n) is 6.40. The molecule has 0 spiro atoms. The molecule has 0 aliphatic heterocycles. The lowest BCUT2D eigenvalue weighted by atomic mass is 9.87. The van der Waals surface area contributed by atoms with Crippen molar-refractivity contribution in [3.05, 3.63) is 54.1 Å². The Morgan fingerprint density at radius 3 is 2.82 bits per heavy atom. The van der Waals surface area contributed by atoms with Crippen LogP contribution >= 0.6 is 0 Å². The molecule has 114 valence electrons. The lowest BCUT2D eigenvalue weighted by molar-refractivity contribution is 0.590. The highest BCUT2D eigenvalue weighted by Crippen LogP contribution is 2.26. The maximum absolute atomic E-state index is 5.73. The van der Waals surface area contributed by atoms with Gasteiger partial charge in [-0.25, -0.2) is 9.97 Å². The molecule has 0 aliphatic carbocycles. The van der Waals surface area contributed by atoms with Crippen LogP contribution in [0.5, 0.6) is 0 Å². The molecule has 3 aromatic rings. The fourth-order valence-electron chi connectivity index (χ4n) is 2.37. The van der Waals surface area contributed by atoms with Gasteiger partial charge in [-0.3, -0.25) is 0 Å². The summed E-state index contributed by atoms with van der Waals surface area (Å²) in [4.78, 5) is 8.92. The average molecular weight is 295 g/mol. The number of nitrogens with two attached hydrogens (primary N) is 1. The number of nitrogens with zero attached hydrogens (tertiary/aromatic N) is 3. The normalized spacial score (nSPS) is 11.8. The number of anilines is 2. The second kappa shape index (κ2) is 5.42. The molecule has 0 fully saturated rings. The molecule has 3 N–H and O–H groups in total. The highest BCUT2D eigenvalue weighted by molar-refractivity contribution is 5.70. The first-order valence-electron chi connectivity index (χ1n) is 7.37. The van der Waals surface area contributed by atoms with Crippen molar-refractivity contribution in [3.8, 4) is 0 Å². The summed E-state index contributed by atoms with van der Waals surface area (Å²) >= 11 is 0. The molecule has 3 rings (SSSR count). The van der Waals surface area contributed by atoms with E-state index in [0.29, 0.717) is 6.54 Å². The van der Waals surface area contributed by atoms with Crippen LogP contribution in [0.25, 0.3) is 5.65 Å². The standard InChI is InChI=1S/C17H21N5/c1-17(2,3)12-5-4-6-13(9-12)20-15-16-19-7-8-22(16)11-14(10-18)21-15/h4-9,11H,10,18H2,1-3H3,(H,20,21). The van der Waals surface area contributed by atoms with Gasteiger partial charge in [0.2, 0.25) is 0 Å². The zero-order chi connectivity index (χ0) is 15.7. The Labute approximate surface area is 130 Å². The van der Waals surface area contributed by atoms with Crippen molar-refractivity contribution in [1.82, 2.24) is 14.4 Å². The predicted octanol–water partition coefficient (Wildman–Crippen LogP) is 3.23. The third-order valence-electron chi connectivity index (χ3n) is 3.62. The molecule has 0 amide bonds. The molecule has 0 bridgehead atoms. The molecule has 0 aliphatic rings. The second-order valence-corrected chi connectivity index (χ2v) is 6.40. The Kier molecular flexibility index (Phi) is 3.58. The van der Waals surface area contributed by atoms with Gasteiger partial charge in [0, 0.05) is 30.8 Å². The fraction of sp³-hybridized carbons (Fsp3) is 0.294. The monoisotopic (exact) mass is 295 g/mol. The van der Waals surface area contributed by atoms with Crippen LogP contribution < -0.4 is 11.1 Å². The van der Waals surface area contributed by atoms with Crippen LogP contribution in [-0.4, -0.2) is 14.4 Å². The van der Waals surface area contributed by atoms with E-state index in [4.69, 9.17) is 5.73 Å². The van der Waals surface area contributed by atoms with Crippen LogP contribution in [0.2, 0.25) is 0 Å². The van der Waals surface area contributed by atoms with E-state index in [-0.39, 0.29) is 5.41 Å². The van der Waals surface area contributed by atoms with Gasteiger partial charge >= 0.3 is 0 Å². The number of fused-ring (bicyclic) bond motifs is 1. The van der Waals surface area contributed by atoms with E-state index < -0.39 is 0 Å². The van der Waals surface area contributed by atoms with E-state index in [0.717, 1.165) is 22.8 Å². The van der Waals surface area contributed by atoms with Crippen LogP contribution in [0.1, 0.15) is 32.0 Å². The Bertz CT molecular complexity index is 798. The van der Waals surface area contributed by atoms with Crippen molar-refractivity contribution >= 4 is 17.2 Å². The maximum atomic E-state index is 5.73. The topological polar surface area (TPSA) is 68.2 Å². The van der Waals surface area contributed by atoms with Crippen LogP contribution in [0, 0.1) is 0 Å². The zero-order valence-corrected chi connectivity index (χ0v) is 13.2. The first-order chi connectivity index (χ1) is 10.5. The first kappa shape index (κ1) is 14.5. The number of rotatable bonds is 3. The van der Waals surface area contributed by atoms with Gasteiger partial charge in [0.05, 0.1) is 5.69 Å². The SMILES string of the molecule is CC(C)(C)c1cccc(Nc2nc(CN)cn3ccnc23)c1. The van der Waals surface area contributed by atoms with E-state index in [2.05, 4.69) is 54.3 Å². The summed E-state index contributed by atoms with van der Waals surface area (Å²) in [5, 5.41) is 3.37. The van der Waals surface area contributed by atoms with E-state index in [9.17, 15) is 0 Å². The van der Waals surface area contributed by atoms with Gasteiger partial charge in [-0.05, 0) is 23.1 Å². The molecule has 2 aromatic heterocycles. The van der Waals surface area contributed by atoms with Crippen molar-refractivity contribution in [2.45, 2.75) is 32.7 Å². The van der Waals surface area contributed by atoms with Gasteiger partial charge in [-0.1, -0.05) is 32.9 Å². The highest BCUT2D eigenvalue weighted by Gasteiger charge is 2.14. The Morgan fingerprint density at radius 2 is 2.09 bits per heavy atom. The molecule has 1 aromatic carbocycles. The van der Waals surface area contributed by atoms with Crippen LogP contribution in [0.3, 0.4) is 0 Å². The molecular weight excluding hydrogens is 274 g/mol. The van der Waals surface area contributed by atoms with Crippen LogP contribution in [0.4, 0.5) is 11.5 Å². The molecule has 0 saturated heterocycles. The van der Waals surface area contributed by atoms with Crippen molar-refractivity contribution in [3.63, 3.8) is 0 Å². The molecule has 2 heterocycles. The molecule has 0 saturated carbocycles. The third kappa shape index (κ3) is 2.80. The van der Waals surface area contributed by atoms with Gasteiger partial charge in [0.1, 0.15) is 0 Å². The fourth-order valence-corrected chi connectivity index (χ4v) is 2.37. The molecule has 0 radical (unpaired) electrons. The summed E-state index contributed by atoms with van der Waals surface area (Å²) in [5.41, 5.74) is 9.71. The summed E-state index contributed by atoms with van der Waals surface area (Å²) in [7, 11) is 0. The van der Waals surface area contributed by atoms with Crippen LogP contribution in [0.15, 0.2) is 42.9 Å². The highest BCUT2D eigenvalue weighted by atomic mass is 15.1. The number of aromatic nitrogens is 3. The number of benzene rings is 1. The number of nitrogens with one attached hydrogen (secondary N) is 1. The van der Waals surface area contributed by atoms with Crippen molar-refractivity contribution < 1.29 is 0 Å². The average Bonchev–Trinajstić information content (AvgIpc) is 2.95. The maximum Gasteiger partial charge on any atom is 0.180 e. The molecular formula is C17H21N5. The van der Waals surface area contributed by atoms with Crippen molar-refractivity contribution in [2.75, 3.05) is 5.32 Å². The number of hydrogen-bond donors (Lipinski definition) is 2. The minimum absolute atomic E-state index is 0.104. The van der Waals surface area contributed by atoms with E-state index in [1.54, 1.807) is 6.20 Å². The predicted molar refractivity (Wildman–Crippen MR) is 89.3 cm³/mol. The Balaban J connectivity index is 2.01. The first-order valence-corrected chi connectivity index (χ1v) is 7.37. The van der Waals surface area contributed by atoms with Crippen LogP contribution in [-0.2, 0) is 12.0 Å². The van der Waals surface area contributed by atoms with Crippen molar-refractivity contribution in [2.24, 2.45) is 5.73 Å². The molecule has 0 atom stereocenters. The molecule has 5 nitrogen and oxygen atoms in total. The van der Waals surface area contributed by atoms with E-state index in [1.807, 2.05) is 22.9 Å². The van der Waals surface area contributed by atoms with Gasteiger partial charge in [-0.2, -0.15) is 0 Å². The summed E-state index contributed by atoms with van der Waals surface area (Å²) in [6.45, 7) is 7.00. The largest absolute Gasteiger partial charge is 0.337 e. The van der Waals surface area contributed by atoms with Crippen molar-refractivity contribution in [1.29, 1.82) is 0 Å². The number of imidazole rings is 1. The van der Waals surface area contributed by atoms with Gasteiger partial charge in [0.15, 0.2) is 11.5 Å². The molecule has 0 unspecified atom stereocenters. The quantitative estimate of drug-likeness (QED) is 0.778. The summed E-state index contributed by atoms with van der Waals surface area (Å²) < 4.78 is 1.94.